The van der Waals surface area contributed by atoms with Gasteiger partial charge in [-0.25, -0.2) is 0 Å². The second-order valence-corrected chi connectivity index (χ2v) is 6.33. The van der Waals surface area contributed by atoms with Gasteiger partial charge < -0.3 is 10.6 Å². The molecule has 2 aromatic carbocycles. The van der Waals surface area contributed by atoms with Crippen LogP contribution in [0, 0.1) is 0 Å². The van der Waals surface area contributed by atoms with Gasteiger partial charge in [0.25, 0.3) is 23.6 Å². The van der Waals surface area contributed by atoms with E-state index >= 15 is 0 Å². The monoisotopic (exact) mass is 385 g/mol. The SMILES string of the molecule is CN1C(=O)c2ccc(C(=O)NCCNC(=O)c3ccccc3Cl)cc2C1=O. The van der Waals surface area contributed by atoms with Gasteiger partial charge in [-0.1, -0.05) is 23.7 Å². The van der Waals surface area contributed by atoms with Crippen LogP contribution in [0.3, 0.4) is 0 Å². The molecule has 0 atom stereocenters. The molecule has 2 N–H and O–H groups in total. The normalized spacial score (nSPS) is 12.7. The van der Waals surface area contributed by atoms with Crippen LogP contribution in [-0.4, -0.2) is 48.7 Å². The van der Waals surface area contributed by atoms with Crippen LogP contribution in [0.5, 0.6) is 0 Å². The van der Waals surface area contributed by atoms with Crippen LogP contribution in [0.1, 0.15) is 41.4 Å². The molecular weight excluding hydrogens is 370 g/mol. The third kappa shape index (κ3) is 3.68. The van der Waals surface area contributed by atoms with E-state index in [9.17, 15) is 19.2 Å². The maximum atomic E-state index is 12.2. The fraction of sp³-hybridized carbons (Fsp3) is 0.158. The van der Waals surface area contributed by atoms with Crippen LogP contribution in [0.2, 0.25) is 5.02 Å². The fourth-order valence-electron chi connectivity index (χ4n) is 2.70. The molecule has 3 rings (SSSR count). The van der Waals surface area contributed by atoms with Gasteiger partial charge in [-0.2, -0.15) is 0 Å². The number of hydrogen-bond acceptors (Lipinski definition) is 4. The minimum atomic E-state index is -0.434. The molecule has 2 aromatic rings. The van der Waals surface area contributed by atoms with Crippen molar-refractivity contribution in [1.82, 2.24) is 15.5 Å². The van der Waals surface area contributed by atoms with E-state index in [-0.39, 0.29) is 41.6 Å². The topological polar surface area (TPSA) is 95.6 Å². The summed E-state index contributed by atoms with van der Waals surface area (Å²) in [5.74, 6) is -1.56. The highest BCUT2D eigenvalue weighted by atomic mass is 35.5. The maximum absolute atomic E-state index is 12.2. The van der Waals surface area contributed by atoms with E-state index in [0.717, 1.165) is 4.90 Å². The van der Waals surface area contributed by atoms with Crippen LogP contribution >= 0.6 is 11.6 Å². The van der Waals surface area contributed by atoms with E-state index < -0.39 is 11.8 Å². The molecule has 0 unspecified atom stereocenters. The Bertz CT molecular complexity index is 958. The number of carbonyl (C=O) groups is 4. The predicted octanol–water partition coefficient (Wildman–Crippen LogP) is 1.73. The molecule has 0 aliphatic carbocycles. The Morgan fingerprint density at radius 1 is 0.926 bits per heavy atom. The Hall–Kier alpha value is -3.19. The average Bonchev–Trinajstić information content (AvgIpc) is 2.89. The summed E-state index contributed by atoms with van der Waals surface area (Å²) in [5.41, 5.74) is 1.12. The molecule has 8 heteroatoms. The molecule has 4 amide bonds. The van der Waals surface area contributed by atoms with Crippen molar-refractivity contribution in [3.8, 4) is 0 Å². The minimum Gasteiger partial charge on any atom is -0.350 e. The number of nitrogens with zero attached hydrogens (tertiary/aromatic N) is 1. The van der Waals surface area contributed by atoms with Crippen molar-refractivity contribution in [3.05, 3.63) is 69.7 Å². The highest BCUT2D eigenvalue weighted by Gasteiger charge is 2.33. The molecular formula is C19H16ClN3O4. The number of amides is 4. The standard InChI is InChI=1S/C19H16ClN3O4/c1-23-18(26)12-7-6-11(10-14(12)19(23)27)16(24)21-8-9-22-17(25)13-4-2-3-5-15(13)20/h2-7,10H,8-9H2,1H3,(H,21,24)(H,22,25). The summed E-state index contributed by atoms with van der Waals surface area (Å²) >= 11 is 5.96. The lowest BCUT2D eigenvalue weighted by Gasteiger charge is -2.08. The summed E-state index contributed by atoms with van der Waals surface area (Å²) in [6.45, 7) is 0.403. The highest BCUT2D eigenvalue weighted by Crippen LogP contribution is 2.22. The van der Waals surface area contributed by atoms with E-state index in [1.54, 1.807) is 24.3 Å². The Morgan fingerprint density at radius 3 is 2.26 bits per heavy atom. The Labute approximate surface area is 160 Å². The maximum Gasteiger partial charge on any atom is 0.261 e. The lowest BCUT2D eigenvalue weighted by Crippen LogP contribution is -2.34. The molecule has 0 bridgehead atoms. The predicted molar refractivity (Wildman–Crippen MR) is 99.0 cm³/mol. The minimum absolute atomic E-state index is 0.193. The largest absolute Gasteiger partial charge is 0.350 e. The fourth-order valence-corrected chi connectivity index (χ4v) is 2.92. The lowest BCUT2D eigenvalue weighted by atomic mass is 10.1. The highest BCUT2D eigenvalue weighted by molar-refractivity contribution is 6.33. The number of carbonyl (C=O) groups excluding carboxylic acids is 4. The first kappa shape index (κ1) is 18.6. The van der Waals surface area contributed by atoms with E-state index in [4.69, 9.17) is 11.6 Å². The number of rotatable bonds is 5. The third-order valence-corrected chi connectivity index (χ3v) is 4.50. The number of nitrogens with one attached hydrogen (secondary N) is 2. The van der Waals surface area contributed by atoms with Gasteiger partial charge in [0.2, 0.25) is 0 Å². The molecule has 27 heavy (non-hydrogen) atoms. The lowest BCUT2D eigenvalue weighted by molar-refractivity contribution is 0.0692. The molecule has 0 aromatic heterocycles. The molecule has 1 aliphatic rings. The van der Waals surface area contributed by atoms with Crippen molar-refractivity contribution in [2.24, 2.45) is 0 Å². The van der Waals surface area contributed by atoms with Crippen LogP contribution in [0.15, 0.2) is 42.5 Å². The van der Waals surface area contributed by atoms with E-state index in [0.29, 0.717) is 10.6 Å². The van der Waals surface area contributed by atoms with Crippen molar-refractivity contribution in [3.63, 3.8) is 0 Å². The van der Waals surface area contributed by atoms with Crippen molar-refractivity contribution in [1.29, 1.82) is 0 Å². The summed E-state index contributed by atoms with van der Waals surface area (Å²) in [5, 5.41) is 5.66. The van der Waals surface area contributed by atoms with E-state index in [1.165, 1.54) is 25.2 Å². The second-order valence-electron chi connectivity index (χ2n) is 5.92. The zero-order valence-electron chi connectivity index (χ0n) is 14.4. The zero-order valence-corrected chi connectivity index (χ0v) is 15.2. The molecule has 0 fully saturated rings. The molecule has 7 nitrogen and oxygen atoms in total. The van der Waals surface area contributed by atoms with Gasteiger partial charge in [0.05, 0.1) is 21.7 Å². The van der Waals surface area contributed by atoms with Gasteiger partial charge in [-0.15, -0.1) is 0 Å². The molecule has 0 saturated heterocycles. The first-order valence-corrected chi connectivity index (χ1v) is 8.55. The molecule has 0 saturated carbocycles. The summed E-state index contributed by atoms with van der Waals surface area (Å²) in [6.07, 6.45) is 0. The summed E-state index contributed by atoms with van der Waals surface area (Å²) in [7, 11) is 1.39. The summed E-state index contributed by atoms with van der Waals surface area (Å²) in [4.78, 5) is 49.1. The van der Waals surface area contributed by atoms with Gasteiger partial charge in [0.1, 0.15) is 0 Å². The first-order chi connectivity index (χ1) is 12.9. The average molecular weight is 386 g/mol. The quantitative estimate of drug-likeness (QED) is 0.605. The molecule has 1 aliphatic heterocycles. The smallest absolute Gasteiger partial charge is 0.261 e. The zero-order chi connectivity index (χ0) is 19.6. The van der Waals surface area contributed by atoms with Crippen LogP contribution in [-0.2, 0) is 0 Å². The van der Waals surface area contributed by atoms with Crippen LogP contribution in [0.4, 0.5) is 0 Å². The summed E-state index contributed by atoms with van der Waals surface area (Å²) in [6, 6.07) is 11.0. The molecule has 0 radical (unpaired) electrons. The van der Waals surface area contributed by atoms with Crippen molar-refractivity contribution in [2.75, 3.05) is 20.1 Å². The van der Waals surface area contributed by atoms with Crippen molar-refractivity contribution in [2.45, 2.75) is 0 Å². The Kier molecular flexibility index (Phi) is 5.23. The summed E-state index contributed by atoms with van der Waals surface area (Å²) < 4.78 is 0. The molecule has 0 spiro atoms. The van der Waals surface area contributed by atoms with Gasteiger partial charge >= 0.3 is 0 Å². The van der Waals surface area contributed by atoms with Crippen LogP contribution in [0.25, 0.3) is 0 Å². The number of imide groups is 1. The third-order valence-electron chi connectivity index (χ3n) is 4.17. The van der Waals surface area contributed by atoms with Gasteiger partial charge in [0, 0.05) is 25.7 Å². The van der Waals surface area contributed by atoms with Gasteiger partial charge in [-0.3, -0.25) is 24.1 Å². The van der Waals surface area contributed by atoms with E-state index in [2.05, 4.69) is 10.6 Å². The van der Waals surface area contributed by atoms with Crippen LogP contribution < -0.4 is 10.6 Å². The molecule has 1 heterocycles. The van der Waals surface area contributed by atoms with Gasteiger partial charge in [0.15, 0.2) is 0 Å². The van der Waals surface area contributed by atoms with E-state index in [1.807, 2.05) is 0 Å². The number of hydrogen-bond donors (Lipinski definition) is 2. The number of benzene rings is 2. The van der Waals surface area contributed by atoms with Gasteiger partial charge in [-0.05, 0) is 30.3 Å². The number of fused-ring (bicyclic) bond motifs is 1. The molecule has 138 valence electrons. The second kappa shape index (κ2) is 7.59. The first-order valence-electron chi connectivity index (χ1n) is 8.17. The number of halogens is 1. The van der Waals surface area contributed by atoms with Crippen molar-refractivity contribution >= 4 is 35.2 Å². The Morgan fingerprint density at radius 2 is 1.56 bits per heavy atom. The Balaban J connectivity index is 1.55. The van der Waals surface area contributed by atoms with Crippen molar-refractivity contribution < 1.29 is 19.2 Å².